The van der Waals surface area contributed by atoms with Crippen LogP contribution in [0.1, 0.15) is 19.5 Å². The number of hydrogen-bond acceptors (Lipinski definition) is 5. The van der Waals surface area contributed by atoms with Crippen molar-refractivity contribution in [1.82, 2.24) is 20.3 Å². The van der Waals surface area contributed by atoms with Crippen LogP contribution in [0.15, 0.2) is 54.9 Å². The van der Waals surface area contributed by atoms with E-state index < -0.39 is 5.92 Å². The number of carbonyl (C=O) groups excluding carboxylic acids is 1. The number of nitrogens with one attached hydrogen (secondary N) is 2. The maximum Gasteiger partial charge on any atom is 0.321 e. The van der Waals surface area contributed by atoms with Crippen molar-refractivity contribution in [2.24, 2.45) is 0 Å². The number of benzene rings is 1. The van der Waals surface area contributed by atoms with Gasteiger partial charge in [-0.3, -0.25) is 10.3 Å². The molecule has 31 heavy (non-hydrogen) atoms. The van der Waals surface area contributed by atoms with Crippen LogP contribution in [-0.2, 0) is 5.92 Å². The molecule has 0 saturated carbocycles. The molecule has 0 spiro atoms. The molecule has 1 aromatic carbocycles. The lowest BCUT2D eigenvalue weighted by Gasteiger charge is -2.12. The lowest BCUT2D eigenvalue weighted by atomic mass is 10.0. The largest absolute Gasteiger partial charge is 0.338 e. The van der Waals surface area contributed by atoms with Gasteiger partial charge < -0.3 is 5.32 Å². The number of nitrogens with zero attached hydrogens (tertiary/aromatic N) is 3. The predicted octanol–water partition coefficient (Wildman–Crippen LogP) is 5.67. The lowest BCUT2D eigenvalue weighted by Crippen LogP contribution is -2.28. The first kappa shape index (κ1) is 20.8. The Balaban J connectivity index is 1.89. The Labute approximate surface area is 181 Å². The standard InChI is InChI=1S/C22H19F2N5OS/c1-3-26-20(30)29-21-28-17-11-14(13-6-5-9-25-12-13)10-15(19(17)31-21)16-7-4-8-18(27-16)22(2,23)24/h4-12H,3H2,1-2H3,(H2,26,28,29,30). The van der Waals surface area contributed by atoms with Gasteiger partial charge in [0.05, 0.1) is 15.9 Å². The van der Waals surface area contributed by atoms with Gasteiger partial charge >= 0.3 is 6.03 Å². The fraction of sp³-hybridized carbons (Fsp3) is 0.182. The molecule has 3 aromatic heterocycles. The fourth-order valence-electron chi connectivity index (χ4n) is 3.11. The number of pyridine rings is 2. The molecule has 0 saturated heterocycles. The van der Waals surface area contributed by atoms with E-state index >= 15 is 0 Å². The number of alkyl halides is 2. The summed E-state index contributed by atoms with van der Waals surface area (Å²) < 4.78 is 28.5. The number of fused-ring (bicyclic) bond motifs is 1. The summed E-state index contributed by atoms with van der Waals surface area (Å²) in [6.07, 6.45) is 3.39. The first-order valence-corrected chi connectivity index (χ1v) is 10.4. The SMILES string of the molecule is CCNC(=O)Nc1nc2cc(-c3cccnc3)cc(-c3cccc(C(C)(F)F)n3)c2s1. The van der Waals surface area contributed by atoms with Crippen LogP contribution >= 0.6 is 11.3 Å². The zero-order valence-electron chi connectivity index (χ0n) is 16.8. The minimum absolute atomic E-state index is 0.310. The van der Waals surface area contributed by atoms with Gasteiger partial charge in [0, 0.05) is 37.0 Å². The lowest BCUT2D eigenvalue weighted by molar-refractivity contribution is 0.0129. The molecule has 4 rings (SSSR count). The van der Waals surface area contributed by atoms with Crippen LogP contribution in [0.3, 0.4) is 0 Å². The van der Waals surface area contributed by atoms with Crippen molar-refractivity contribution in [3.05, 3.63) is 60.6 Å². The minimum atomic E-state index is -3.06. The van der Waals surface area contributed by atoms with E-state index in [4.69, 9.17) is 0 Å². The molecular weight excluding hydrogens is 420 g/mol. The zero-order chi connectivity index (χ0) is 22.0. The summed E-state index contributed by atoms with van der Waals surface area (Å²) in [5.41, 5.74) is 3.06. The molecular formula is C22H19F2N5OS. The van der Waals surface area contributed by atoms with Crippen LogP contribution in [0.4, 0.5) is 18.7 Å². The summed E-state index contributed by atoms with van der Waals surface area (Å²) >= 11 is 1.26. The van der Waals surface area contributed by atoms with Gasteiger partial charge in [0.15, 0.2) is 5.13 Å². The van der Waals surface area contributed by atoms with Crippen molar-refractivity contribution in [2.75, 3.05) is 11.9 Å². The molecule has 0 bridgehead atoms. The molecule has 0 fully saturated rings. The summed E-state index contributed by atoms with van der Waals surface area (Å²) in [6.45, 7) is 3.12. The fourth-order valence-corrected chi connectivity index (χ4v) is 4.07. The predicted molar refractivity (Wildman–Crippen MR) is 118 cm³/mol. The quantitative estimate of drug-likeness (QED) is 0.420. The van der Waals surface area contributed by atoms with E-state index in [-0.39, 0.29) is 11.7 Å². The number of halogens is 2. The highest BCUT2D eigenvalue weighted by molar-refractivity contribution is 7.22. The highest BCUT2D eigenvalue weighted by Crippen LogP contribution is 2.39. The molecule has 3 heterocycles. The maximum absolute atomic E-state index is 13.9. The Morgan fingerprint density at radius 3 is 2.68 bits per heavy atom. The van der Waals surface area contributed by atoms with Crippen molar-refractivity contribution < 1.29 is 13.6 Å². The van der Waals surface area contributed by atoms with Gasteiger partial charge in [0.25, 0.3) is 5.92 Å². The van der Waals surface area contributed by atoms with Crippen LogP contribution in [0.2, 0.25) is 0 Å². The summed E-state index contributed by atoms with van der Waals surface area (Å²) in [5, 5.41) is 5.77. The van der Waals surface area contributed by atoms with Gasteiger partial charge in [-0.2, -0.15) is 8.78 Å². The molecule has 0 unspecified atom stereocenters. The zero-order valence-corrected chi connectivity index (χ0v) is 17.6. The molecule has 0 radical (unpaired) electrons. The number of carbonyl (C=O) groups is 1. The number of aromatic nitrogens is 3. The second-order valence-corrected chi connectivity index (χ2v) is 7.91. The molecule has 2 amide bonds. The smallest absolute Gasteiger partial charge is 0.321 e. The van der Waals surface area contributed by atoms with Crippen molar-refractivity contribution in [1.29, 1.82) is 0 Å². The normalized spacial score (nSPS) is 11.5. The Bertz CT molecular complexity index is 1240. The molecule has 9 heteroatoms. The molecule has 0 aliphatic rings. The van der Waals surface area contributed by atoms with E-state index in [1.807, 2.05) is 31.2 Å². The molecule has 0 atom stereocenters. The third kappa shape index (κ3) is 4.51. The summed E-state index contributed by atoms with van der Waals surface area (Å²) in [4.78, 5) is 24.8. The van der Waals surface area contributed by atoms with Crippen LogP contribution in [0.25, 0.3) is 32.6 Å². The van der Waals surface area contributed by atoms with E-state index in [0.717, 1.165) is 22.8 Å². The minimum Gasteiger partial charge on any atom is -0.338 e. The Morgan fingerprint density at radius 1 is 1.13 bits per heavy atom. The third-order valence-corrected chi connectivity index (χ3v) is 5.54. The first-order valence-electron chi connectivity index (χ1n) is 9.60. The van der Waals surface area contributed by atoms with Gasteiger partial charge in [0.1, 0.15) is 5.69 Å². The molecule has 2 N–H and O–H groups in total. The highest BCUT2D eigenvalue weighted by Gasteiger charge is 2.26. The number of rotatable bonds is 5. The maximum atomic E-state index is 13.9. The summed E-state index contributed by atoms with van der Waals surface area (Å²) in [5.74, 6) is -3.06. The van der Waals surface area contributed by atoms with Crippen molar-refractivity contribution >= 4 is 32.7 Å². The van der Waals surface area contributed by atoms with Gasteiger partial charge in [0.2, 0.25) is 0 Å². The molecule has 0 aliphatic heterocycles. The number of hydrogen-bond donors (Lipinski definition) is 2. The molecule has 6 nitrogen and oxygen atoms in total. The second kappa shape index (κ2) is 8.35. The summed E-state index contributed by atoms with van der Waals surface area (Å²) in [7, 11) is 0. The number of thiazole rings is 1. The van der Waals surface area contributed by atoms with E-state index in [1.54, 1.807) is 24.5 Å². The second-order valence-electron chi connectivity index (χ2n) is 6.91. The van der Waals surface area contributed by atoms with Crippen molar-refractivity contribution in [2.45, 2.75) is 19.8 Å². The van der Waals surface area contributed by atoms with E-state index in [0.29, 0.717) is 28.5 Å². The van der Waals surface area contributed by atoms with Crippen LogP contribution in [0, 0.1) is 0 Å². The number of amides is 2. The van der Waals surface area contributed by atoms with Crippen LogP contribution in [-0.4, -0.2) is 27.5 Å². The molecule has 158 valence electrons. The summed E-state index contributed by atoms with van der Waals surface area (Å²) in [6, 6.07) is 11.7. The van der Waals surface area contributed by atoms with Crippen LogP contribution in [0.5, 0.6) is 0 Å². The average Bonchev–Trinajstić information content (AvgIpc) is 3.15. The topological polar surface area (TPSA) is 79.8 Å². The highest BCUT2D eigenvalue weighted by atomic mass is 32.1. The van der Waals surface area contributed by atoms with E-state index in [9.17, 15) is 13.6 Å². The first-order chi connectivity index (χ1) is 14.8. The van der Waals surface area contributed by atoms with Gasteiger partial charge in [-0.25, -0.2) is 14.8 Å². The Morgan fingerprint density at radius 2 is 1.97 bits per heavy atom. The van der Waals surface area contributed by atoms with Gasteiger partial charge in [-0.15, -0.1) is 0 Å². The van der Waals surface area contributed by atoms with Crippen molar-refractivity contribution in [3.8, 4) is 22.4 Å². The van der Waals surface area contributed by atoms with Crippen molar-refractivity contribution in [3.63, 3.8) is 0 Å². The Kier molecular flexibility index (Phi) is 5.60. The number of anilines is 1. The van der Waals surface area contributed by atoms with Crippen LogP contribution < -0.4 is 10.6 Å². The average molecular weight is 439 g/mol. The van der Waals surface area contributed by atoms with E-state index in [1.165, 1.54) is 17.4 Å². The van der Waals surface area contributed by atoms with Gasteiger partial charge in [-0.05, 0) is 42.8 Å². The molecule has 0 aliphatic carbocycles. The van der Waals surface area contributed by atoms with E-state index in [2.05, 4.69) is 25.6 Å². The van der Waals surface area contributed by atoms with Gasteiger partial charge in [-0.1, -0.05) is 23.5 Å². The Hall–Kier alpha value is -3.46. The molecule has 4 aromatic rings. The third-order valence-electron chi connectivity index (χ3n) is 4.52. The number of urea groups is 1. The monoisotopic (exact) mass is 439 g/mol.